The Labute approximate surface area is 226 Å². The zero-order valence-corrected chi connectivity index (χ0v) is 22.8. The quantitative estimate of drug-likeness (QED) is 0.498. The predicted molar refractivity (Wildman–Crippen MR) is 147 cm³/mol. The van der Waals surface area contributed by atoms with Crippen LogP contribution in [0.4, 0.5) is 0 Å². The van der Waals surface area contributed by atoms with Gasteiger partial charge in [0.15, 0.2) is 0 Å². The number of hydrogen-bond acceptors (Lipinski definition) is 5. The molecule has 0 radical (unpaired) electrons. The van der Waals surface area contributed by atoms with Gasteiger partial charge >= 0.3 is 0 Å². The fourth-order valence-electron chi connectivity index (χ4n) is 6.19. The summed E-state index contributed by atoms with van der Waals surface area (Å²) in [6.45, 7) is 4.20. The maximum atomic E-state index is 13.5. The average Bonchev–Trinajstić information content (AvgIpc) is 3.21. The van der Waals surface area contributed by atoms with E-state index in [1.807, 2.05) is 47.4 Å². The monoisotopic (exact) mass is 519 g/mol. The van der Waals surface area contributed by atoms with E-state index in [0.29, 0.717) is 12.5 Å². The number of ether oxygens (including phenoxy) is 2. The second-order valence-corrected chi connectivity index (χ2v) is 11.2. The van der Waals surface area contributed by atoms with Crippen LogP contribution in [0.1, 0.15) is 62.1 Å². The molecule has 1 N–H and O–H groups in total. The highest BCUT2D eigenvalue weighted by Gasteiger charge is 2.47. The second-order valence-electron chi connectivity index (χ2n) is 11.2. The summed E-state index contributed by atoms with van der Waals surface area (Å²) in [7, 11) is 3.35. The lowest BCUT2D eigenvalue weighted by Crippen LogP contribution is -2.45. The molecule has 5 rings (SSSR count). The molecular weight excluding hydrogens is 478 g/mol. The maximum Gasteiger partial charge on any atom is 0.229 e. The lowest BCUT2D eigenvalue weighted by atomic mass is 9.77. The largest absolute Gasteiger partial charge is 0.497 e. The molecule has 3 aliphatic rings. The number of piperidine rings is 1. The Morgan fingerprint density at radius 2 is 1.71 bits per heavy atom. The minimum absolute atomic E-state index is 0.0803. The summed E-state index contributed by atoms with van der Waals surface area (Å²) >= 11 is 0. The first-order chi connectivity index (χ1) is 18.5. The van der Waals surface area contributed by atoms with Crippen LogP contribution < -0.4 is 14.8 Å². The topological polar surface area (TPSA) is 71.1 Å². The minimum atomic E-state index is -0.219. The summed E-state index contributed by atoms with van der Waals surface area (Å²) in [6.07, 6.45) is 6.69. The molecule has 2 heterocycles. The van der Waals surface area contributed by atoms with E-state index < -0.39 is 0 Å². The summed E-state index contributed by atoms with van der Waals surface area (Å²) in [5.41, 5.74) is 1.96. The molecule has 3 fully saturated rings. The highest BCUT2D eigenvalue weighted by Crippen LogP contribution is 2.42. The fraction of sp³-hybridized carbons (Fsp3) is 0.548. The molecule has 1 atom stereocenters. The molecule has 7 nitrogen and oxygen atoms in total. The molecule has 2 aliphatic heterocycles. The van der Waals surface area contributed by atoms with Gasteiger partial charge in [0.05, 0.1) is 25.7 Å². The SMILES string of the molecule is COc1ccc(CN2CCC3(CCN(CCC(NC(=O)C4CCC4)c4ccccc4OC)CC3)C2=O)cc1. The van der Waals surface area contributed by atoms with Crippen LogP contribution in [0.25, 0.3) is 0 Å². The molecule has 2 saturated heterocycles. The van der Waals surface area contributed by atoms with E-state index in [1.165, 1.54) is 0 Å². The number of hydrogen-bond donors (Lipinski definition) is 1. The first-order valence-electron chi connectivity index (χ1n) is 14.1. The Bertz CT molecular complexity index is 1110. The molecule has 0 aromatic heterocycles. The molecule has 2 aromatic carbocycles. The van der Waals surface area contributed by atoms with Crippen LogP contribution in [0.2, 0.25) is 0 Å². The lowest BCUT2D eigenvalue weighted by molar-refractivity contribution is -0.139. The molecule has 1 saturated carbocycles. The van der Waals surface area contributed by atoms with E-state index >= 15 is 0 Å². The van der Waals surface area contributed by atoms with Gasteiger partial charge in [0.1, 0.15) is 11.5 Å². The molecule has 204 valence electrons. The third-order valence-corrected chi connectivity index (χ3v) is 8.99. The Morgan fingerprint density at radius 1 is 1.00 bits per heavy atom. The molecular formula is C31H41N3O4. The van der Waals surface area contributed by atoms with Gasteiger partial charge in [-0.25, -0.2) is 0 Å². The number of benzene rings is 2. The molecule has 1 aliphatic carbocycles. The number of methoxy groups -OCH3 is 2. The number of nitrogens with one attached hydrogen (secondary N) is 1. The van der Waals surface area contributed by atoms with Gasteiger partial charge in [0, 0.05) is 31.1 Å². The van der Waals surface area contributed by atoms with E-state index in [-0.39, 0.29) is 23.3 Å². The molecule has 1 unspecified atom stereocenters. The Hall–Kier alpha value is -3.06. The van der Waals surface area contributed by atoms with Crippen LogP contribution in [0.3, 0.4) is 0 Å². The predicted octanol–water partition coefficient (Wildman–Crippen LogP) is 4.57. The number of carbonyl (C=O) groups excluding carboxylic acids is 2. The lowest BCUT2D eigenvalue weighted by Gasteiger charge is -2.38. The van der Waals surface area contributed by atoms with Gasteiger partial charge in [-0.15, -0.1) is 0 Å². The van der Waals surface area contributed by atoms with Crippen LogP contribution in [0.5, 0.6) is 11.5 Å². The zero-order chi connectivity index (χ0) is 26.5. The van der Waals surface area contributed by atoms with Crippen molar-refractivity contribution in [1.29, 1.82) is 0 Å². The molecule has 2 amide bonds. The second kappa shape index (κ2) is 11.8. The number of likely N-dealkylation sites (tertiary alicyclic amines) is 2. The van der Waals surface area contributed by atoms with Crippen molar-refractivity contribution in [2.75, 3.05) is 40.4 Å². The first-order valence-corrected chi connectivity index (χ1v) is 14.1. The van der Waals surface area contributed by atoms with E-state index in [9.17, 15) is 9.59 Å². The Morgan fingerprint density at radius 3 is 2.37 bits per heavy atom. The van der Waals surface area contributed by atoms with Crippen LogP contribution >= 0.6 is 0 Å². The zero-order valence-electron chi connectivity index (χ0n) is 22.8. The normalized spacial score (nSPS) is 20.3. The van der Waals surface area contributed by atoms with Gasteiger partial charge in [0.25, 0.3) is 0 Å². The maximum absolute atomic E-state index is 13.5. The van der Waals surface area contributed by atoms with Crippen LogP contribution in [0.15, 0.2) is 48.5 Å². The number of rotatable bonds is 10. The van der Waals surface area contributed by atoms with Crippen LogP contribution in [-0.4, -0.2) is 62.0 Å². The van der Waals surface area contributed by atoms with Crippen molar-refractivity contribution >= 4 is 11.8 Å². The van der Waals surface area contributed by atoms with Crippen LogP contribution in [0, 0.1) is 11.3 Å². The molecule has 1 spiro atoms. The van der Waals surface area contributed by atoms with Gasteiger partial charge in [-0.2, -0.15) is 0 Å². The van der Waals surface area contributed by atoms with Crippen molar-refractivity contribution in [2.45, 2.75) is 57.5 Å². The summed E-state index contributed by atoms with van der Waals surface area (Å²) in [4.78, 5) is 30.8. The van der Waals surface area contributed by atoms with Crippen molar-refractivity contribution in [2.24, 2.45) is 11.3 Å². The number of para-hydroxylation sites is 1. The molecule has 0 bridgehead atoms. The van der Waals surface area contributed by atoms with Gasteiger partial charge in [-0.3, -0.25) is 9.59 Å². The van der Waals surface area contributed by atoms with E-state index in [4.69, 9.17) is 9.47 Å². The third kappa shape index (κ3) is 5.68. The van der Waals surface area contributed by atoms with Crippen molar-refractivity contribution < 1.29 is 19.1 Å². The van der Waals surface area contributed by atoms with Gasteiger partial charge in [-0.1, -0.05) is 36.8 Å². The third-order valence-electron chi connectivity index (χ3n) is 8.99. The minimum Gasteiger partial charge on any atom is -0.497 e. The summed E-state index contributed by atoms with van der Waals surface area (Å²) in [5.74, 6) is 2.28. The van der Waals surface area contributed by atoms with Gasteiger partial charge in [-0.05, 0) is 75.4 Å². The highest BCUT2D eigenvalue weighted by molar-refractivity contribution is 5.85. The number of carbonyl (C=O) groups is 2. The molecule has 38 heavy (non-hydrogen) atoms. The van der Waals surface area contributed by atoms with Crippen molar-refractivity contribution in [3.8, 4) is 11.5 Å². The summed E-state index contributed by atoms with van der Waals surface area (Å²) < 4.78 is 10.9. The standard InChI is InChI=1S/C31H41N3O4/c1-37-25-12-10-23(11-13-25)22-34-21-17-31(30(34)36)15-19-33(20-16-31)18-14-27(32-29(35)24-6-5-7-24)26-8-3-4-9-28(26)38-2/h3-4,8-13,24,27H,5-7,14-22H2,1-2H3,(H,32,35). The van der Waals surface area contributed by atoms with E-state index in [0.717, 1.165) is 93.8 Å². The fourth-order valence-corrected chi connectivity index (χ4v) is 6.19. The van der Waals surface area contributed by atoms with Crippen LogP contribution in [-0.2, 0) is 16.1 Å². The first kappa shape index (κ1) is 26.5. The average molecular weight is 520 g/mol. The van der Waals surface area contributed by atoms with Gasteiger partial charge < -0.3 is 24.6 Å². The smallest absolute Gasteiger partial charge is 0.229 e. The number of amides is 2. The number of nitrogens with zero attached hydrogens (tertiary/aromatic N) is 2. The Kier molecular flexibility index (Phi) is 8.22. The van der Waals surface area contributed by atoms with E-state index in [2.05, 4.69) is 16.3 Å². The van der Waals surface area contributed by atoms with Gasteiger partial charge in [0.2, 0.25) is 11.8 Å². The summed E-state index contributed by atoms with van der Waals surface area (Å²) in [6, 6.07) is 15.9. The molecule has 2 aromatic rings. The highest BCUT2D eigenvalue weighted by atomic mass is 16.5. The Balaban J connectivity index is 1.16. The molecule has 7 heteroatoms. The van der Waals surface area contributed by atoms with Crippen molar-refractivity contribution in [3.05, 3.63) is 59.7 Å². The van der Waals surface area contributed by atoms with Crippen molar-refractivity contribution in [3.63, 3.8) is 0 Å². The summed E-state index contributed by atoms with van der Waals surface area (Å²) in [5, 5.41) is 3.33. The van der Waals surface area contributed by atoms with Crippen molar-refractivity contribution in [1.82, 2.24) is 15.1 Å². The van der Waals surface area contributed by atoms with E-state index in [1.54, 1.807) is 14.2 Å².